The van der Waals surface area contributed by atoms with Crippen LogP contribution in [-0.2, 0) is 16.0 Å². The van der Waals surface area contributed by atoms with Crippen molar-refractivity contribution in [2.45, 2.75) is 45.1 Å². The molecule has 1 aromatic heterocycles. The van der Waals surface area contributed by atoms with Crippen molar-refractivity contribution in [3.8, 4) is 0 Å². The molecule has 2 heterocycles. The lowest BCUT2D eigenvalue weighted by molar-refractivity contribution is -0.137. The molecule has 0 fully saturated rings. The molecule has 3 aromatic rings. The van der Waals surface area contributed by atoms with Crippen LogP contribution in [0.25, 0.3) is 10.9 Å². The number of amides is 1. The summed E-state index contributed by atoms with van der Waals surface area (Å²) >= 11 is 9.99. The summed E-state index contributed by atoms with van der Waals surface area (Å²) in [6.07, 6.45) is 1.44. The van der Waals surface area contributed by atoms with E-state index in [1.807, 2.05) is 55.5 Å². The smallest absolute Gasteiger partial charge is 0.303 e. The van der Waals surface area contributed by atoms with Crippen LogP contribution in [0, 0.1) is 6.92 Å². The van der Waals surface area contributed by atoms with Gasteiger partial charge in [0.05, 0.1) is 17.3 Å². The molecule has 0 spiro atoms. The van der Waals surface area contributed by atoms with Gasteiger partial charge in [0, 0.05) is 29.1 Å². The largest absolute Gasteiger partial charge is 0.481 e. The number of carboxylic acids is 1. The minimum Gasteiger partial charge on any atom is -0.481 e. The normalized spacial score (nSPS) is 15.7. The van der Waals surface area contributed by atoms with Crippen LogP contribution in [0.5, 0.6) is 0 Å². The van der Waals surface area contributed by atoms with Crippen LogP contribution in [0.3, 0.4) is 0 Å². The third kappa shape index (κ3) is 5.42. The molecule has 8 heteroatoms. The lowest BCUT2D eigenvalue weighted by atomic mass is 9.98. The number of pyridine rings is 1. The monoisotopic (exact) mass is 527 g/mol. The van der Waals surface area contributed by atoms with Crippen LogP contribution in [0.2, 0.25) is 5.15 Å². The zero-order valence-corrected chi connectivity index (χ0v) is 20.4. The first-order chi connectivity index (χ1) is 15.8. The van der Waals surface area contributed by atoms with Crippen LogP contribution >= 0.6 is 27.5 Å². The molecule has 0 aliphatic carbocycles. The van der Waals surface area contributed by atoms with Crippen molar-refractivity contribution in [2.75, 3.05) is 0 Å². The molecule has 0 bridgehead atoms. The number of aliphatic carboxylic acids is 1. The first kappa shape index (κ1) is 23.4. The van der Waals surface area contributed by atoms with Crippen LogP contribution in [0.1, 0.15) is 42.4 Å². The van der Waals surface area contributed by atoms with Gasteiger partial charge in [0.2, 0.25) is 5.91 Å². The van der Waals surface area contributed by atoms with Gasteiger partial charge in [-0.3, -0.25) is 9.59 Å². The highest BCUT2D eigenvalue weighted by Gasteiger charge is 2.32. The maximum atomic E-state index is 13.0. The molecular formula is C25H23BrClN3O3. The number of hydrazone groups is 1. The third-order valence-electron chi connectivity index (χ3n) is 5.75. The first-order valence-electron chi connectivity index (χ1n) is 10.7. The van der Waals surface area contributed by atoms with Gasteiger partial charge in [0.25, 0.3) is 0 Å². The Kier molecular flexibility index (Phi) is 7.10. The second-order valence-corrected chi connectivity index (χ2v) is 9.46. The average molecular weight is 529 g/mol. The van der Waals surface area contributed by atoms with Crippen molar-refractivity contribution in [2.24, 2.45) is 5.10 Å². The van der Waals surface area contributed by atoms with Crippen molar-refractivity contribution < 1.29 is 14.7 Å². The van der Waals surface area contributed by atoms with Crippen molar-refractivity contribution in [1.29, 1.82) is 0 Å². The minimum atomic E-state index is -0.913. The molecule has 0 saturated carbocycles. The third-order valence-corrected chi connectivity index (χ3v) is 6.60. The van der Waals surface area contributed by atoms with E-state index in [1.54, 1.807) is 0 Å². The lowest BCUT2D eigenvalue weighted by Crippen LogP contribution is -2.34. The highest BCUT2D eigenvalue weighted by Crippen LogP contribution is 2.29. The summed E-state index contributed by atoms with van der Waals surface area (Å²) in [5.74, 6) is -1.10. The van der Waals surface area contributed by atoms with Gasteiger partial charge in [0.1, 0.15) is 5.15 Å². The number of carbonyl (C=O) groups is 2. The Morgan fingerprint density at radius 3 is 2.67 bits per heavy atom. The number of hydrogen-bond acceptors (Lipinski definition) is 4. The summed E-state index contributed by atoms with van der Waals surface area (Å²) in [6.45, 7) is 2.00. The van der Waals surface area contributed by atoms with E-state index in [-0.39, 0.29) is 31.2 Å². The summed E-state index contributed by atoms with van der Waals surface area (Å²) in [5, 5.41) is 16.5. The van der Waals surface area contributed by atoms with E-state index in [9.17, 15) is 9.59 Å². The van der Waals surface area contributed by atoms with Gasteiger partial charge < -0.3 is 5.11 Å². The van der Waals surface area contributed by atoms with E-state index in [0.717, 1.165) is 37.8 Å². The number of nitrogens with zero attached hydrogens (tertiary/aromatic N) is 3. The maximum absolute atomic E-state index is 13.0. The zero-order valence-electron chi connectivity index (χ0n) is 18.1. The number of para-hydroxylation sites is 1. The van der Waals surface area contributed by atoms with E-state index < -0.39 is 5.97 Å². The number of rotatable bonds is 7. The van der Waals surface area contributed by atoms with E-state index in [2.05, 4.69) is 26.0 Å². The van der Waals surface area contributed by atoms with Crippen molar-refractivity contribution in [3.63, 3.8) is 0 Å². The predicted molar refractivity (Wildman–Crippen MR) is 133 cm³/mol. The fourth-order valence-corrected chi connectivity index (χ4v) is 4.55. The molecule has 1 aliphatic rings. The highest BCUT2D eigenvalue weighted by molar-refractivity contribution is 9.10. The molecule has 2 aromatic carbocycles. The number of carboxylic acid groups (broad SMARTS) is 1. The number of aryl methyl sites for hydroxylation is 1. The number of benzene rings is 2. The Morgan fingerprint density at radius 1 is 1.18 bits per heavy atom. The zero-order chi connectivity index (χ0) is 23.5. The van der Waals surface area contributed by atoms with E-state index >= 15 is 0 Å². The van der Waals surface area contributed by atoms with Crippen molar-refractivity contribution in [1.82, 2.24) is 9.99 Å². The number of halogens is 2. The molecule has 4 rings (SSSR count). The molecule has 0 saturated heterocycles. The predicted octanol–water partition coefficient (Wildman–Crippen LogP) is 5.76. The van der Waals surface area contributed by atoms with Gasteiger partial charge in [-0.25, -0.2) is 9.99 Å². The van der Waals surface area contributed by atoms with Gasteiger partial charge in [0.15, 0.2) is 0 Å². The molecule has 1 aliphatic heterocycles. The number of carbonyl (C=O) groups excluding carboxylic acids is 1. The second kappa shape index (κ2) is 10.0. The molecule has 6 nitrogen and oxygen atoms in total. The second-order valence-electron chi connectivity index (χ2n) is 8.19. The number of hydrogen-bond donors (Lipinski definition) is 1. The Labute approximate surface area is 205 Å². The van der Waals surface area contributed by atoms with Gasteiger partial charge >= 0.3 is 5.97 Å². The molecule has 1 atom stereocenters. The fourth-order valence-electron chi connectivity index (χ4n) is 4.07. The molecule has 1 amide bonds. The highest BCUT2D eigenvalue weighted by atomic mass is 79.9. The van der Waals surface area contributed by atoms with Crippen molar-refractivity contribution >= 4 is 56.0 Å². The van der Waals surface area contributed by atoms with Gasteiger partial charge in [-0.1, -0.05) is 57.9 Å². The Hall–Kier alpha value is -2.77. The molecular weight excluding hydrogens is 506 g/mol. The lowest BCUT2D eigenvalue weighted by Gasteiger charge is -2.22. The average Bonchev–Trinajstić information content (AvgIpc) is 3.19. The molecule has 0 unspecified atom stereocenters. The van der Waals surface area contributed by atoms with Crippen LogP contribution in [0.4, 0.5) is 0 Å². The summed E-state index contributed by atoms with van der Waals surface area (Å²) in [7, 11) is 0. The molecule has 170 valence electrons. The van der Waals surface area contributed by atoms with E-state index in [1.165, 1.54) is 5.01 Å². The quantitative estimate of drug-likeness (QED) is 0.395. The summed E-state index contributed by atoms with van der Waals surface area (Å²) < 4.78 is 0.965. The van der Waals surface area contributed by atoms with Gasteiger partial charge in [-0.15, -0.1) is 0 Å². The molecule has 1 N–H and O–H groups in total. The molecule has 33 heavy (non-hydrogen) atoms. The topological polar surface area (TPSA) is 82.9 Å². The SMILES string of the molecule is Cc1cccc2cc(C[C@H]3CC(c4ccc(Br)cc4)=NN3C(=O)CCCC(=O)O)c(Cl)nc12. The molecule has 0 radical (unpaired) electrons. The van der Waals surface area contributed by atoms with Crippen molar-refractivity contribution in [3.05, 3.63) is 74.8 Å². The van der Waals surface area contributed by atoms with E-state index in [0.29, 0.717) is 18.0 Å². The summed E-state index contributed by atoms with van der Waals surface area (Å²) in [4.78, 5) is 28.4. The van der Waals surface area contributed by atoms with Crippen LogP contribution in [-0.4, -0.2) is 38.7 Å². The standard InChI is InChI=1S/C25H23BrClN3O3/c1-15-4-2-5-17-12-18(25(27)28-24(15)17)13-20-14-21(16-8-10-19(26)11-9-16)29-30(20)22(31)6-3-7-23(32)33/h2,4-5,8-12,20H,3,6-7,13-14H2,1H3,(H,32,33)/t20-/m0/s1. The number of fused-ring (bicyclic) bond motifs is 1. The maximum Gasteiger partial charge on any atom is 0.303 e. The summed E-state index contributed by atoms with van der Waals surface area (Å²) in [5.41, 5.74) is 4.54. The Balaban J connectivity index is 1.61. The minimum absolute atomic E-state index is 0.0483. The van der Waals surface area contributed by atoms with E-state index in [4.69, 9.17) is 16.7 Å². The van der Waals surface area contributed by atoms with Gasteiger partial charge in [-0.2, -0.15) is 5.10 Å². The van der Waals surface area contributed by atoms with Gasteiger partial charge in [-0.05, 0) is 54.7 Å². The Bertz CT molecular complexity index is 1240. The number of aromatic nitrogens is 1. The summed E-state index contributed by atoms with van der Waals surface area (Å²) in [6, 6.07) is 15.6. The van der Waals surface area contributed by atoms with Crippen LogP contribution in [0.15, 0.2) is 58.1 Å². The van der Waals surface area contributed by atoms with Crippen LogP contribution < -0.4 is 0 Å². The first-order valence-corrected chi connectivity index (χ1v) is 11.9. The fraction of sp³-hybridized carbons (Fsp3) is 0.280. The Morgan fingerprint density at radius 2 is 1.94 bits per heavy atom.